The molecule has 180 valence electrons. The van der Waals surface area contributed by atoms with E-state index in [1.807, 2.05) is 37.3 Å². The summed E-state index contributed by atoms with van der Waals surface area (Å²) >= 11 is 6.74. The first-order chi connectivity index (χ1) is 17.5. The number of ether oxygens (including phenoxy) is 1. The Hall–Kier alpha value is -4.08. The number of rotatable bonds is 6. The van der Waals surface area contributed by atoms with Crippen molar-refractivity contribution in [2.24, 2.45) is 0 Å². The summed E-state index contributed by atoms with van der Waals surface area (Å²) in [4.78, 5) is 29.4. The van der Waals surface area contributed by atoms with E-state index in [0.717, 1.165) is 18.0 Å². The minimum Gasteiger partial charge on any atom is -0.439 e. The highest BCUT2D eigenvalue weighted by atomic mass is 32.2. The second-order valence-corrected chi connectivity index (χ2v) is 9.53. The topological polar surface area (TPSA) is 73.9 Å². The monoisotopic (exact) mass is 514 g/mol. The third-order valence-corrected chi connectivity index (χ3v) is 6.93. The molecule has 2 aliphatic heterocycles. The number of benzene rings is 3. The van der Waals surface area contributed by atoms with E-state index in [9.17, 15) is 9.59 Å². The minimum atomic E-state index is -0.244. The molecule has 0 saturated carbocycles. The maximum atomic E-state index is 13.1. The average molecular weight is 515 g/mol. The molecule has 0 spiro atoms. The molecular formula is C27H22N4O3S2. The molecule has 0 unspecified atom stereocenters. The number of nitrogens with zero attached hydrogens (tertiary/aromatic N) is 2. The molecule has 0 aromatic heterocycles. The largest absolute Gasteiger partial charge is 0.439 e. The van der Waals surface area contributed by atoms with Gasteiger partial charge >= 0.3 is 0 Å². The van der Waals surface area contributed by atoms with Crippen LogP contribution < -0.4 is 25.4 Å². The minimum absolute atomic E-state index is 0.196. The lowest BCUT2D eigenvalue weighted by molar-refractivity contribution is -0.113. The van der Waals surface area contributed by atoms with Gasteiger partial charge in [-0.05, 0) is 61.5 Å². The van der Waals surface area contributed by atoms with Gasteiger partial charge in [0.25, 0.3) is 11.8 Å². The van der Waals surface area contributed by atoms with Crippen LogP contribution in [0.15, 0.2) is 102 Å². The normalized spacial score (nSPS) is 16.9. The number of thiocarbonyl (C=S) groups is 1. The number of carbonyl (C=O) groups excluding carboxylic acids is 2. The van der Waals surface area contributed by atoms with E-state index in [2.05, 4.69) is 15.8 Å². The molecular weight excluding hydrogens is 492 g/mol. The summed E-state index contributed by atoms with van der Waals surface area (Å²) in [6.45, 7) is 2.79. The van der Waals surface area contributed by atoms with Gasteiger partial charge in [-0.25, -0.2) is 0 Å². The van der Waals surface area contributed by atoms with Gasteiger partial charge in [0.1, 0.15) is 0 Å². The highest BCUT2D eigenvalue weighted by Crippen LogP contribution is 2.39. The zero-order valence-electron chi connectivity index (χ0n) is 19.3. The van der Waals surface area contributed by atoms with Crippen LogP contribution in [0.5, 0.6) is 5.75 Å². The van der Waals surface area contributed by atoms with Crippen LogP contribution >= 0.6 is 24.0 Å². The number of anilines is 3. The molecule has 2 amide bonds. The van der Waals surface area contributed by atoms with Crippen LogP contribution in [0.25, 0.3) is 0 Å². The van der Waals surface area contributed by atoms with Crippen LogP contribution in [0.1, 0.15) is 17.3 Å². The first-order valence-electron chi connectivity index (χ1n) is 11.3. The zero-order chi connectivity index (χ0) is 25.1. The van der Waals surface area contributed by atoms with Crippen molar-refractivity contribution in [3.8, 4) is 5.75 Å². The molecule has 0 aliphatic carbocycles. The van der Waals surface area contributed by atoms with Crippen molar-refractivity contribution >= 4 is 57.2 Å². The lowest BCUT2D eigenvalue weighted by atomic mass is 10.2. The van der Waals surface area contributed by atoms with Gasteiger partial charge < -0.3 is 9.64 Å². The molecule has 0 atom stereocenters. The van der Waals surface area contributed by atoms with Crippen LogP contribution in [0.2, 0.25) is 0 Å². The number of nitrogens with one attached hydrogen (secondary N) is 2. The van der Waals surface area contributed by atoms with Crippen molar-refractivity contribution in [1.29, 1.82) is 0 Å². The van der Waals surface area contributed by atoms with E-state index in [-0.39, 0.29) is 11.8 Å². The van der Waals surface area contributed by atoms with Gasteiger partial charge in [-0.1, -0.05) is 54.3 Å². The number of fused-ring (bicyclic) bond motifs is 1. The molecule has 1 fully saturated rings. The van der Waals surface area contributed by atoms with Crippen molar-refractivity contribution in [2.75, 3.05) is 21.8 Å². The van der Waals surface area contributed by atoms with Crippen LogP contribution in [0, 0.1) is 0 Å². The lowest BCUT2D eigenvalue weighted by Gasteiger charge is -2.16. The van der Waals surface area contributed by atoms with E-state index in [4.69, 9.17) is 17.0 Å². The Labute approximate surface area is 218 Å². The first kappa shape index (κ1) is 23.7. The summed E-state index contributed by atoms with van der Waals surface area (Å²) in [6, 6.07) is 23.8. The molecule has 1 saturated heterocycles. The molecule has 9 heteroatoms. The zero-order valence-corrected chi connectivity index (χ0v) is 20.9. The molecule has 2 N–H and O–H groups in total. The summed E-state index contributed by atoms with van der Waals surface area (Å²) < 4.78 is 6.41. The van der Waals surface area contributed by atoms with E-state index < -0.39 is 0 Å². The molecule has 5 rings (SSSR count). The van der Waals surface area contributed by atoms with E-state index in [1.54, 1.807) is 60.7 Å². The van der Waals surface area contributed by atoms with Crippen molar-refractivity contribution in [3.63, 3.8) is 0 Å². The number of carbonyl (C=O) groups is 2. The molecule has 36 heavy (non-hydrogen) atoms. The van der Waals surface area contributed by atoms with Gasteiger partial charge in [-0.2, -0.15) is 0 Å². The van der Waals surface area contributed by atoms with E-state index >= 15 is 0 Å². The van der Waals surface area contributed by atoms with Gasteiger partial charge in [-0.3, -0.25) is 25.3 Å². The predicted octanol–water partition coefficient (Wildman–Crippen LogP) is 5.45. The van der Waals surface area contributed by atoms with Crippen LogP contribution in [0.3, 0.4) is 0 Å². The summed E-state index contributed by atoms with van der Waals surface area (Å²) in [5.74, 6) is 1.02. The quantitative estimate of drug-likeness (QED) is 0.257. The van der Waals surface area contributed by atoms with E-state index in [1.165, 1.54) is 16.7 Å². The third kappa shape index (κ3) is 4.71. The Balaban J connectivity index is 1.26. The maximum Gasteiger partial charge on any atom is 0.270 e. The highest BCUT2D eigenvalue weighted by Gasteiger charge is 2.33. The van der Waals surface area contributed by atoms with Crippen LogP contribution in [-0.2, 0) is 4.79 Å². The number of thioether (sulfide) groups is 1. The first-order valence-corrected chi connectivity index (χ1v) is 12.5. The fourth-order valence-corrected chi connectivity index (χ4v) is 5.08. The average Bonchev–Trinajstić information content (AvgIpc) is 3.42. The Kier molecular flexibility index (Phi) is 6.75. The summed E-state index contributed by atoms with van der Waals surface area (Å²) in [5.41, 5.74) is 8.41. The number of allylic oxidation sites excluding steroid dienone is 2. The maximum absolute atomic E-state index is 13.1. The highest BCUT2D eigenvalue weighted by molar-refractivity contribution is 8.27. The Morgan fingerprint density at radius 1 is 1.00 bits per heavy atom. The number of para-hydroxylation sites is 2. The van der Waals surface area contributed by atoms with Crippen LogP contribution in [0.4, 0.5) is 17.1 Å². The number of amides is 2. The molecule has 2 aliphatic rings. The summed E-state index contributed by atoms with van der Waals surface area (Å²) in [5, 5.41) is 0. The lowest BCUT2D eigenvalue weighted by Crippen LogP contribution is -2.29. The standard InChI is InChI=1S/C27H22N4O3S2/c1-2-30-21-10-6-7-11-22(21)34-24(30)17-16-23-26(33)31(27(35)36-23)20-14-12-19(13-15-20)28-29-25(32)18-8-4-3-5-9-18/h3-17,28H,2H2,1H3,(H,29,32). The van der Waals surface area contributed by atoms with Crippen molar-refractivity contribution in [1.82, 2.24) is 5.43 Å². The number of hydrogen-bond acceptors (Lipinski definition) is 7. The second kappa shape index (κ2) is 10.3. The Morgan fingerprint density at radius 3 is 2.47 bits per heavy atom. The third-order valence-electron chi connectivity index (χ3n) is 5.61. The molecule has 3 aromatic rings. The van der Waals surface area contributed by atoms with Crippen molar-refractivity contribution < 1.29 is 14.3 Å². The Morgan fingerprint density at radius 2 is 1.72 bits per heavy atom. The fraction of sp³-hybridized carbons (Fsp3) is 0.0741. The van der Waals surface area contributed by atoms with Gasteiger partial charge in [-0.15, -0.1) is 0 Å². The number of hydrogen-bond donors (Lipinski definition) is 2. The molecule has 0 radical (unpaired) electrons. The smallest absolute Gasteiger partial charge is 0.270 e. The van der Waals surface area contributed by atoms with E-state index in [0.29, 0.717) is 32.0 Å². The number of hydrazine groups is 1. The van der Waals surface area contributed by atoms with Crippen molar-refractivity contribution in [3.05, 3.63) is 107 Å². The molecule has 3 aromatic carbocycles. The van der Waals surface area contributed by atoms with Crippen molar-refractivity contribution in [2.45, 2.75) is 6.92 Å². The van der Waals surface area contributed by atoms with Gasteiger partial charge in [0.2, 0.25) is 5.88 Å². The predicted molar refractivity (Wildman–Crippen MR) is 148 cm³/mol. The SMILES string of the molecule is CCN1C(=CC=C2SC(=S)N(c3ccc(NNC(=O)c4ccccc4)cc3)C2=O)Oc2ccccc21. The Bertz CT molecular complexity index is 1390. The fourth-order valence-electron chi connectivity index (χ4n) is 3.84. The molecule has 2 heterocycles. The summed E-state index contributed by atoms with van der Waals surface area (Å²) in [7, 11) is 0. The van der Waals surface area contributed by atoms with Gasteiger partial charge in [0.15, 0.2) is 10.1 Å². The molecule has 7 nitrogen and oxygen atoms in total. The van der Waals surface area contributed by atoms with Crippen LogP contribution in [-0.4, -0.2) is 22.7 Å². The van der Waals surface area contributed by atoms with Gasteiger partial charge in [0.05, 0.1) is 22.0 Å². The van der Waals surface area contributed by atoms with Gasteiger partial charge in [0, 0.05) is 18.2 Å². The summed E-state index contributed by atoms with van der Waals surface area (Å²) in [6.07, 6.45) is 3.55. The second-order valence-electron chi connectivity index (χ2n) is 7.85. The molecule has 0 bridgehead atoms.